The molecule has 0 saturated carbocycles. The second kappa shape index (κ2) is 8.41. The first kappa shape index (κ1) is 14.4. The van der Waals surface area contributed by atoms with Crippen LogP contribution in [0.1, 0.15) is 51.0 Å². The topological polar surface area (TPSA) is 59.0 Å². The first-order chi connectivity index (χ1) is 8.79. The molecule has 0 unspecified atom stereocenters. The molecule has 0 aliphatic carbocycles. The van der Waals surface area contributed by atoms with Crippen LogP contribution in [0.15, 0.2) is 18.2 Å². The molecule has 0 spiro atoms. The van der Waals surface area contributed by atoms with E-state index in [0.717, 1.165) is 6.42 Å². The van der Waals surface area contributed by atoms with Gasteiger partial charge in [-0.15, -0.1) is 0 Å². The first-order valence-electron chi connectivity index (χ1n) is 6.71. The fraction of sp³-hybridized carbons (Fsp3) is 0.533. The Morgan fingerprint density at radius 2 is 1.89 bits per heavy atom. The predicted molar refractivity (Wildman–Crippen MR) is 74.4 cm³/mol. The molecule has 3 heteroatoms. The SMILES string of the molecule is CCCCCCCCOc1cccc(N)c1C#N. The van der Waals surface area contributed by atoms with Crippen LogP contribution in [0.2, 0.25) is 0 Å². The molecule has 2 N–H and O–H groups in total. The molecule has 0 saturated heterocycles. The molecule has 1 aromatic carbocycles. The van der Waals surface area contributed by atoms with E-state index in [0.29, 0.717) is 23.6 Å². The molecule has 0 aliphatic heterocycles. The highest BCUT2D eigenvalue weighted by atomic mass is 16.5. The number of nitriles is 1. The van der Waals surface area contributed by atoms with Crippen molar-refractivity contribution in [3.63, 3.8) is 0 Å². The minimum absolute atomic E-state index is 0.448. The Bertz CT molecular complexity index is 396. The molecule has 0 aliphatic rings. The average molecular weight is 246 g/mol. The second-order valence-electron chi connectivity index (χ2n) is 4.45. The molecular formula is C15H22N2O. The highest BCUT2D eigenvalue weighted by Gasteiger charge is 2.05. The summed E-state index contributed by atoms with van der Waals surface area (Å²) in [5.41, 5.74) is 6.65. The van der Waals surface area contributed by atoms with E-state index in [4.69, 9.17) is 15.7 Å². The monoisotopic (exact) mass is 246 g/mol. The fourth-order valence-corrected chi connectivity index (χ4v) is 1.85. The molecule has 1 aromatic rings. The van der Waals surface area contributed by atoms with Gasteiger partial charge in [-0.25, -0.2) is 0 Å². The van der Waals surface area contributed by atoms with Crippen LogP contribution in [0.5, 0.6) is 5.75 Å². The summed E-state index contributed by atoms with van der Waals surface area (Å²) in [6.07, 6.45) is 7.37. The normalized spacial score (nSPS) is 10.0. The van der Waals surface area contributed by atoms with Gasteiger partial charge in [0.2, 0.25) is 0 Å². The number of nitrogens with zero attached hydrogens (tertiary/aromatic N) is 1. The molecule has 0 aromatic heterocycles. The summed E-state index contributed by atoms with van der Waals surface area (Å²) in [6.45, 7) is 2.87. The largest absolute Gasteiger partial charge is 0.492 e. The smallest absolute Gasteiger partial charge is 0.139 e. The maximum Gasteiger partial charge on any atom is 0.139 e. The maximum absolute atomic E-state index is 8.99. The third kappa shape index (κ3) is 4.67. The van der Waals surface area contributed by atoms with Crippen molar-refractivity contribution >= 4 is 5.69 Å². The Labute approximate surface area is 110 Å². The van der Waals surface area contributed by atoms with Crippen LogP contribution in [0.25, 0.3) is 0 Å². The zero-order valence-corrected chi connectivity index (χ0v) is 11.1. The van der Waals surface area contributed by atoms with E-state index >= 15 is 0 Å². The van der Waals surface area contributed by atoms with Gasteiger partial charge < -0.3 is 10.5 Å². The van der Waals surface area contributed by atoms with E-state index in [2.05, 4.69) is 13.0 Å². The van der Waals surface area contributed by atoms with E-state index in [1.165, 1.54) is 32.1 Å². The Morgan fingerprint density at radius 1 is 1.17 bits per heavy atom. The van der Waals surface area contributed by atoms with Crippen molar-refractivity contribution in [3.8, 4) is 11.8 Å². The predicted octanol–water partition coefficient (Wildman–Crippen LogP) is 3.88. The van der Waals surface area contributed by atoms with Gasteiger partial charge in [0.1, 0.15) is 17.4 Å². The maximum atomic E-state index is 8.99. The molecule has 18 heavy (non-hydrogen) atoms. The Morgan fingerprint density at radius 3 is 2.61 bits per heavy atom. The van der Waals surface area contributed by atoms with E-state index in [1.54, 1.807) is 12.1 Å². The number of benzene rings is 1. The van der Waals surface area contributed by atoms with Crippen LogP contribution in [0.4, 0.5) is 5.69 Å². The summed E-state index contributed by atoms with van der Waals surface area (Å²) in [7, 11) is 0. The summed E-state index contributed by atoms with van der Waals surface area (Å²) in [6, 6.07) is 7.41. The van der Waals surface area contributed by atoms with Gasteiger partial charge in [0.15, 0.2) is 0 Å². The lowest BCUT2D eigenvalue weighted by Gasteiger charge is -2.08. The Balaban J connectivity index is 2.28. The Kier molecular flexibility index (Phi) is 6.71. The van der Waals surface area contributed by atoms with E-state index in [9.17, 15) is 0 Å². The number of ether oxygens (including phenoxy) is 1. The van der Waals surface area contributed by atoms with Crippen LogP contribution in [-0.4, -0.2) is 6.61 Å². The van der Waals surface area contributed by atoms with Gasteiger partial charge in [0.25, 0.3) is 0 Å². The van der Waals surface area contributed by atoms with Gasteiger partial charge in [-0.05, 0) is 18.6 Å². The number of rotatable bonds is 8. The number of unbranched alkanes of at least 4 members (excludes halogenated alkanes) is 5. The van der Waals surface area contributed by atoms with Gasteiger partial charge >= 0.3 is 0 Å². The van der Waals surface area contributed by atoms with Crippen molar-refractivity contribution in [2.45, 2.75) is 45.4 Å². The molecule has 0 amide bonds. The first-order valence-corrected chi connectivity index (χ1v) is 6.71. The van der Waals surface area contributed by atoms with Gasteiger partial charge in [-0.1, -0.05) is 45.1 Å². The molecule has 0 radical (unpaired) electrons. The molecule has 0 bridgehead atoms. The number of nitrogen functional groups attached to an aromatic ring is 1. The molecule has 0 atom stereocenters. The summed E-state index contributed by atoms with van der Waals surface area (Å²) >= 11 is 0. The third-order valence-electron chi connectivity index (χ3n) is 2.93. The average Bonchev–Trinajstić information content (AvgIpc) is 2.38. The molecule has 0 fully saturated rings. The van der Waals surface area contributed by atoms with E-state index < -0.39 is 0 Å². The molecule has 98 valence electrons. The van der Waals surface area contributed by atoms with E-state index in [-0.39, 0.29) is 0 Å². The molecule has 1 rings (SSSR count). The lowest BCUT2D eigenvalue weighted by atomic mass is 10.1. The minimum Gasteiger partial charge on any atom is -0.492 e. The molecule has 0 heterocycles. The standard InChI is InChI=1S/C15H22N2O/c1-2-3-4-5-6-7-11-18-15-10-8-9-14(17)13(15)12-16/h8-10H,2-7,11,17H2,1H3. The van der Waals surface area contributed by atoms with Gasteiger partial charge in [0.05, 0.1) is 12.3 Å². The fourth-order valence-electron chi connectivity index (χ4n) is 1.85. The summed E-state index contributed by atoms with van der Waals surface area (Å²) in [5, 5.41) is 8.99. The number of hydrogen-bond donors (Lipinski definition) is 1. The van der Waals surface area contributed by atoms with Crippen molar-refractivity contribution in [2.75, 3.05) is 12.3 Å². The number of nitrogens with two attached hydrogens (primary N) is 1. The van der Waals surface area contributed by atoms with Crippen LogP contribution in [0, 0.1) is 11.3 Å². The zero-order valence-electron chi connectivity index (χ0n) is 11.1. The van der Waals surface area contributed by atoms with Crippen LogP contribution in [0.3, 0.4) is 0 Å². The molecular weight excluding hydrogens is 224 g/mol. The summed E-state index contributed by atoms with van der Waals surface area (Å²) < 4.78 is 5.61. The van der Waals surface area contributed by atoms with Crippen molar-refractivity contribution < 1.29 is 4.74 Å². The van der Waals surface area contributed by atoms with Gasteiger partial charge in [0, 0.05) is 0 Å². The zero-order chi connectivity index (χ0) is 13.2. The summed E-state index contributed by atoms with van der Waals surface area (Å²) in [5.74, 6) is 0.603. The second-order valence-corrected chi connectivity index (χ2v) is 4.45. The quantitative estimate of drug-likeness (QED) is 0.559. The van der Waals surface area contributed by atoms with Crippen molar-refractivity contribution in [3.05, 3.63) is 23.8 Å². The van der Waals surface area contributed by atoms with Gasteiger partial charge in [-0.3, -0.25) is 0 Å². The minimum atomic E-state index is 0.448. The van der Waals surface area contributed by atoms with Crippen molar-refractivity contribution in [2.24, 2.45) is 0 Å². The lowest BCUT2D eigenvalue weighted by molar-refractivity contribution is 0.304. The number of hydrogen-bond acceptors (Lipinski definition) is 3. The van der Waals surface area contributed by atoms with Crippen molar-refractivity contribution in [1.29, 1.82) is 5.26 Å². The summed E-state index contributed by atoms with van der Waals surface area (Å²) in [4.78, 5) is 0. The highest BCUT2D eigenvalue weighted by Crippen LogP contribution is 2.23. The van der Waals surface area contributed by atoms with Crippen molar-refractivity contribution in [1.82, 2.24) is 0 Å². The highest BCUT2D eigenvalue weighted by molar-refractivity contribution is 5.60. The van der Waals surface area contributed by atoms with Crippen LogP contribution in [-0.2, 0) is 0 Å². The number of anilines is 1. The van der Waals surface area contributed by atoms with E-state index in [1.807, 2.05) is 6.07 Å². The molecule has 3 nitrogen and oxygen atoms in total. The lowest BCUT2D eigenvalue weighted by Crippen LogP contribution is -2.01. The van der Waals surface area contributed by atoms with Crippen LogP contribution < -0.4 is 10.5 Å². The van der Waals surface area contributed by atoms with Gasteiger partial charge in [-0.2, -0.15) is 5.26 Å². The van der Waals surface area contributed by atoms with Crippen LogP contribution >= 0.6 is 0 Å². The third-order valence-corrected chi connectivity index (χ3v) is 2.93. The Hall–Kier alpha value is -1.69.